The van der Waals surface area contributed by atoms with Crippen molar-refractivity contribution in [3.63, 3.8) is 0 Å². The van der Waals surface area contributed by atoms with Gasteiger partial charge < -0.3 is 14.7 Å². The third kappa shape index (κ3) is 5.10. The zero-order chi connectivity index (χ0) is 17.2. The molecule has 0 aromatic heterocycles. The maximum atomic E-state index is 9.70. The predicted molar refractivity (Wildman–Crippen MR) is 98.3 cm³/mol. The Labute approximate surface area is 140 Å². The fourth-order valence-corrected chi connectivity index (χ4v) is 2.25. The summed E-state index contributed by atoms with van der Waals surface area (Å²) in [6, 6.07) is 15.8. The standard InChI is InChI=1S/C14H15BN2O2.2C2H6/c16-17(9-11-4-2-1-3-5-11)13-7-6-12-10-19-15(18)14(12)8-13;2*1-2/h1-8,18H,9-10,16H2;2*1-2H3. The highest BCUT2D eigenvalue weighted by Gasteiger charge is 2.27. The quantitative estimate of drug-likeness (QED) is 0.520. The van der Waals surface area contributed by atoms with E-state index in [4.69, 9.17) is 10.5 Å². The van der Waals surface area contributed by atoms with E-state index in [0.717, 1.165) is 22.3 Å². The molecule has 1 heterocycles. The Morgan fingerprint density at radius 3 is 2.39 bits per heavy atom. The van der Waals surface area contributed by atoms with Crippen LogP contribution in [-0.2, 0) is 17.8 Å². The van der Waals surface area contributed by atoms with Gasteiger partial charge in [0, 0.05) is 0 Å². The van der Waals surface area contributed by atoms with Gasteiger partial charge in [-0.25, -0.2) is 5.84 Å². The van der Waals surface area contributed by atoms with Crippen molar-refractivity contribution in [2.24, 2.45) is 5.84 Å². The van der Waals surface area contributed by atoms with Crippen molar-refractivity contribution in [3.8, 4) is 0 Å². The molecule has 0 radical (unpaired) electrons. The van der Waals surface area contributed by atoms with Crippen LogP contribution in [0.3, 0.4) is 0 Å². The number of rotatable bonds is 3. The van der Waals surface area contributed by atoms with Crippen LogP contribution in [0.1, 0.15) is 38.8 Å². The molecule has 0 spiro atoms. The second kappa shape index (κ2) is 10.1. The molecule has 23 heavy (non-hydrogen) atoms. The second-order valence-electron chi connectivity index (χ2n) is 4.66. The zero-order valence-corrected chi connectivity index (χ0v) is 14.5. The molecule has 0 fully saturated rings. The molecule has 0 saturated heterocycles. The Morgan fingerprint density at radius 1 is 1.09 bits per heavy atom. The van der Waals surface area contributed by atoms with Gasteiger partial charge in [-0.2, -0.15) is 0 Å². The number of benzene rings is 2. The van der Waals surface area contributed by atoms with E-state index < -0.39 is 7.12 Å². The monoisotopic (exact) mass is 314 g/mol. The normalized spacial score (nSPS) is 11.7. The molecular weight excluding hydrogens is 287 g/mol. The Hall–Kier alpha value is -1.82. The van der Waals surface area contributed by atoms with Gasteiger partial charge in [0.1, 0.15) is 0 Å². The van der Waals surface area contributed by atoms with E-state index in [1.165, 1.54) is 0 Å². The van der Waals surface area contributed by atoms with E-state index >= 15 is 0 Å². The van der Waals surface area contributed by atoms with Crippen molar-refractivity contribution in [2.45, 2.75) is 40.8 Å². The molecule has 0 amide bonds. The minimum Gasteiger partial charge on any atom is -0.423 e. The van der Waals surface area contributed by atoms with E-state index in [2.05, 4.69) is 0 Å². The molecule has 0 aliphatic carbocycles. The van der Waals surface area contributed by atoms with Crippen LogP contribution in [0, 0.1) is 0 Å². The lowest BCUT2D eigenvalue weighted by Crippen LogP contribution is -2.33. The van der Waals surface area contributed by atoms with Crippen LogP contribution in [0.25, 0.3) is 0 Å². The fraction of sp³-hybridized carbons (Fsp3) is 0.333. The molecule has 0 saturated carbocycles. The third-order valence-corrected chi connectivity index (χ3v) is 3.32. The molecule has 124 valence electrons. The lowest BCUT2D eigenvalue weighted by Gasteiger charge is -2.19. The molecular formula is C18H27BN2O2. The highest BCUT2D eigenvalue weighted by Crippen LogP contribution is 2.17. The minimum atomic E-state index is -0.833. The molecule has 0 bridgehead atoms. The minimum absolute atomic E-state index is 0.458. The zero-order valence-electron chi connectivity index (χ0n) is 14.5. The van der Waals surface area contributed by atoms with Gasteiger partial charge in [-0.15, -0.1) is 0 Å². The summed E-state index contributed by atoms with van der Waals surface area (Å²) >= 11 is 0. The second-order valence-corrected chi connectivity index (χ2v) is 4.66. The number of nitrogens with zero attached hydrogens (tertiary/aromatic N) is 1. The maximum Gasteiger partial charge on any atom is 0.491 e. The Bertz CT molecular complexity index is 578. The van der Waals surface area contributed by atoms with Gasteiger partial charge in [-0.1, -0.05) is 64.1 Å². The topological polar surface area (TPSA) is 58.7 Å². The summed E-state index contributed by atoms with van der Waals surface area (Å²) in [6.45, 7) is 9.08. The Balaban J connectivity index is 0.000000615. The van der Waals surface area contributed by atoms with Gasteiger partial charge >= 0.3 is 7.12 Å². The lowest BCUT2D eigenvalue weighted by atomic mass is 9.79. The van der Waals surface area contributed by atoms with Crippen LogP contribution >= 0.6 is 0 Å². The molecule has 2 aromatic rings. The molecule has 1 aliphatic rings. The third-order valence-electron chi connectivity index (χ3n) is 3.32. The lowest BCUT2D eigenvalue weighted by molar-refractivity contribution is 0.275. The fourth-order valence-electron chi connectivity index (χ4n) is 2.25. The molecule has 0 unspecified atom stereocenters. The van der Waals surface area contributed by atoms with Crippen molar-refractivity contribution in [1.29, 1.82) is 0 Å². The largest absolute Gasteiger partial charge is 0.491 e. The van der Waals surface area contributed by atoms with Crippen molar-refractivity contribution >= 4 is 18.3 Å². The van der Waals surface area contributed by atoms with Crippen molar-refractivity contribution < 1.29 is 9.68 Å². The Kier molecular flexibility index (Phi) is 8.41. The van der Waals surface area contributed by atoms with E-state index in [9.17, 15) is 5.02 Å². The van der Waals surface area contributed by atoms with E-state index in [0.29, 0.717) is 13.2 Å². The summed E-state index contributed by atoms with van der Waals surface area (Å²) < 4.78 is 5.17. The van der Waals surface area contributed by atoms with Crippen molar-refractivity contribution in [2.75, 3.05) is 5.01 Å². The number of nitrogens with two attached hydrogens (primary N) is 1. The van der Waals surface area contributed by atoms with Gasteiger partial charge in [0.2, 0.25) is 0 Å². The molecule has 2 aromatic carbocycles. The number of fused-ring (bicyclic) bond motifs is 1. The van der Waals surface area contributed by atoms with Gasteiger partial charge in [-0.05, 0) is 28.7 Å². The van der Waals surface area contributed by atoms with Crippen LogP contribution in [-0.4, -0.2) is 12.1 Å². The van der Waals surface area contributed by atoms with Crippen LogP contribution in [0.4, 0.5) is 5.69 Å². The highest BCUT2D eigenvalue weighted by molar-refractivity contribution is 6.61. The van der Waals surface area contributed by atoms with E-state index in [1.54, 1.807) is 5.01 Å². The van der Waals surface area contributed by atoms with Gasteiger partial charge in [-0.3, -0.25) is 0 Å². The molecule has 4 nitrogen and oxygen atoms in total. The van der Waals surface area contributed by atoms with Crippen LogP contribution in [0.15, 0.2) is 48.5 Å². The van der Waals surface area contributed by atoms with Crippen LogP contribution in [0.2, 0.25) is 0 Å². The number of hydrogen-bond acceptors (Lipinski definition) is 4. The smallest absolute Gasteiger partial charge is 0.423 e. The number of anilines is 1. The van der Waals surface area contributed by atoms with Gasteiger partial charge in [0.15, 0.2) is 0 Å². The summed E-state index contributed by atoms with van der Waals surface area (Å²) in [6.07, 6.45) is 0. The van der Waals surface area contributed by atoms with E-state index in [-0.39, 0.29) is 0 Å². The van der Waals surface area contributed by atoms with Crippen LogP contribution < -0.4 is 16.3 Å². The SMILES string of the molecule is CC.CC.NN(Cc1ccccc1)c1ccc2c(c1)B(O)OC2. The predicted octanol–water partition coefficient (Wildman–Crippen LogP) is 2.84. The average Bonchev–Trinajstić information content (AvgIpc) is 3.00. The molecule has 3 rings (SSSR count). The molecule has 5 heteroatoms. The summed E-state index contributed by atoms with van der Waals surface area (Å²) in [5.74, 6) is 6.08. The molecule has 1 aliphatic heterocycles. The summed E-state index contributed by atoms with van der Waals surface area (Å²) in [4.78, 5) is 0. The van der Waals surface area contributed by atoms with E-state index in [1.807, 2.05) is 76.2 Å². The van der Waals surface area contributed by atoms with Gasteiger partial charge in [0.25, 0.3) is 0 Å². The first-order valence-electron chi connectivity index (χ1n) is 8.23. The van der Waals surface area contributed by atoms with Crippen molar-refractivity contribution in [1.82, 2.24) is 0 Å². The summed E-state index contributed by atoms with van der Waals surface area (Å²) in [5, 5.41) is 11.4. The Morgan fingerprint density at radius 2 is 1.74 bits per heavy atom. The summed E-state index contributed by atoms with van der Waals surface area (Å²) in [5.41, 5.74) is 3.83. The van der Waals surface area contributed by atoms with Crippen LogP contribution in [0.5, 0.6) is 0 Å². The first-order valence-corrected chi connectivity index (χ1v) is 8.23. The average molecular weight is 314 g/mol. The molecule has 3 N–H and O–H groups in total. The summed E-state index contributed by atoms with van der Waals surface area (Å²) in [7, 11) is -0.833. The number of hydrazine groups is 1. The first kappa shape index (κ1) is 19.2. The molecule has 0 atom stereocenters. The number of hydrogen-bond donors (Lipinski definition) is 2. The van der Waals surface area contributed by atoms with Crippen molar-refractivity contribution in [3.05, 3.63) is 59.7 Å². The maximum absolute atomic E-state index is 9.70. The van der Waals surface area contributed by atoms with Gasteiger partial charge in [0.05, 0.1) is 18.8 Å². The first-order chi connectivity index (χ1) is 11.2. The highest BCUT2D eigenvalue weighted by atomic mass is 16.5.